The van der Waals surface area contributed by atoms with Gasteiger partial charge in [0.25, 0.3) is 5.91 Å². The molecule has 0 spiro atoms. The lowest BCUT2D eigenvalue weighted by molar-refractivity contribution is 0.100. The van der Waals surface area contributed by atoms with Gasteiger partial charge in [-0.3, -0.25) is 9.79 Å². The number of hydrogen-bond donors (Lipinski definition) is 2. The second kappa shape index (κ2) is 10.5. The summed E-state index contributed by atoms with van der Waals surface area (Å²) in [5.41, 5.74) is 12.5. The van der Waals surface area contributed by atoms with E-state index in [1.54, 1.807) is 13.4 Å². The molecule has 2 aliphatic rings. The van der Waals surface area contributed by atoms with E-state index in [0.717, 1.165) is 72.8 Å². The molecule has 2 atom stereocenters. The Bertz CT molecular complexity index is 1320. The van der Waals surface area contributed by atoms with Gasteiger partial charge in [-0.15, -0.1) is 0 Å². The van der Waals surface area contributed by atoms with E-state index in [9.17, 15) is 4.79 Å². The van der Waals surface area contributed by atoms with Gasteiger partial charge in [0.05, 0.1) is 41.4 Å². The molecule has 1 amide bonds. The number of primary amides is 1. The fourth-order valence-corrected chi connectivity index (χ4v) is 5.69. The molecule has 8 nitrogen and oxygen atoms in total. The van der Waals surface area contributed by atoms with Crippen LogP contribution in [0.5, 0.6) is 5.75 Å². The summed E-state index contributed by atoms with van der Waals surface area (Å²) in [6.45, 7) is 8.51. The maximum atomic E-state index is 12.6. The number of rotatable bonds is 9. The molecule has 0 radical (unpaired) electrons. The molecule has 37 heavy (non-hydrogen) atoms. The van der Waals surface area contributed by atoms with Crippen molar-refractivity contribution >= 4 is 34.5 Å². The second-order valence-corrected chi connectivity index (χ2v) is 10.5. The van der Waals surface area contributed by atoms with Gasteiger partial charge in [-0.1, -0.05) is 20.3 Å². The number of fused-ring (bicyclic) bond motifs is 2. The van der Waals surface area contributed by atoms with Crippen LogP contribution in [0.15, 0.2) is 29.5 Å². The molecule has 2 unspecified atom stereocenters. The number of methoxy groups -OCH3 is 1. The van der Waals surface area contributed by atoms with Gasteiger partial charge in [0.2, 0.25) is 0 Å². The Labute approximate surface area is 218 Å². The number of amides is 1. The van der Waals surface area contributed by atoms with Gasteiger partial charge in [0.1, 0.15) is 5.75 Å². The van der Waals surface area contributed by atoms with Crippen molar-refractivity contribution in [2.24, 2.45) is 22.6 Å². The number of hydrogen-bond acceptors (Lipinski definition) is 6. The van der Waals surface area contributed by atoms with Crippen LogP contribution in [0.1, 0.15) is 49.0 Å². The van der Waals surface area contributed by atoms with E-state index in [1.165, 1.54) is 12.8 Å². The molecule has 1 saturated heterocycles. The SMILES string of the molecule is CCC(C)C1C=Nc2cc(-c3cc(N(C)CCN4CCCC4)c(C(N)=O)c4[nH]cnc34)cc(OC)c2C1. The third-order valence-electron chi connectivity index (χ3n) is 8.23. The van der Waals surface area contributed by atoms with Crippen molar-refractivity contribution in [3.05, 3.63) is 35.7 Å². The summed E-state index contributed by atoms with van der Waals surface area (Å²) in [6.07, 6.45) is 8.25. The Balaban J connectivity index is 1.59. The van der Waals surface area contributed by atoms with E-state index in [0.29, 0.717) is 28.4 Å². The van der Waals surface area contributed by atoms with Crippen LogP contribution in [0.25, 0.3) is 22.2 Å². The first-order valence-electron chi connectivity index (χ1n) is 13.4. The number of imidazole rings is 1. The van der Waals surface area contributed by atoms with Gasteiger partial charge in [-0.2, -0.15) is 0 Å². The lowest BCUT2D eigenvalue weighted by Gasteiger charge is -2.27. The van der Waals surface area contributed by atoms with Gasteiger partial charge in [-0.25, -0.2) is 4.98 Å². The summed E-state index contributed by atoms with van der Waals surface area (Å²) in [5, 5.41) is 0. The summed E-state index contributed by atoms with van der Waals surface area (Å²) in [5.74, 6) is 1.34. The van der Waals surface area contributed by atoms with Crippen LogP contribution in [0, 0.1) is 11.8 Å². The average molecular weight is 503 g/mol. The number of anilines is 1. The smallest absolute Gasteiger partial charge is 0.253 e. The van der Waals surface area contributed by atoms with Crippen LogP contribution in [0.4, 0.5) is 11.4 Å². The summed E-state index contributed by atoms with van der Waals surface area (Å²) in [7, 11) is 3.74. The normalized spacial score (nSPS) is 18.2. The van der Waals surface area contributed by atoms with Crippen molar-refractivity contribution in [2.45, 2.75) is 39.5 Å². The Morgan fingerprint density at radius 1 is 1.30 bits per heavy atom. The molecule has 3 N–H and O–H groups in total. The number of ether oxygens (including phenoxy) is 1. The number of aromatic amines is 1. The number of nitrogens with two attached hydrogens (primary N) is 1. The standard InChI is InChI=1S/C29H38N6O2/c1-5-18(2)20-12-22-23(31-16-20)13-19(14-25(22)37-4)21-15-24(34(3)10-11-35-8-6-7-9-35)26(29(30)36)28-27(21)32-17-33-28/h13-18,20H,5-12H2,1-4H3,(H2,30,36)(H,32,33). The minimum atomic E-state index is -0.465. The molecule has 3 aromatic rings. The number of benzene rings is 2. The van der Waals surface area contributed by atoms with Gasteiger partial charge < -0.3 is 25.3 Å². The van der Waals surface area contributed by atoms with Gasteiger partial charge in [0, 0.05) is 43.4 Å². The lowest BCUT2D eigenvalue weighted by atomic mass is 9.84. The quantitative estimate of drug-likeness (QED) is 0.438. The molecule has 0 saturated carbocycles. The molecule has 5 rings (SSSR count). The molecule has 196 valence electrons. The number of aliphatic imine (C=N–C) groups is 1. The average Bonchev–Trinajstić information content (AvgIpc) is 3.61. The van der Waals surface area contributed by atoms with Crippen molar-refractivity contribution < 1.29 is 9.53 Å². The summed E-state index contributed by atoms with van der Waals surface area (Å²) in [6, 6.07) is 6.24. The number of carbonyl (C=O) groups is 1. The third kappa shape index (κ3) is 4.82. The Morgan fingerprint density at radius 2 is 2.08 bits per heavy atom. The highest BCUT2D eigenvalue weighted by Gasteiger charge is 2.26. The van der Waals surface area contributed by atoms with Crippen molar-refractivity contribution in [1.29, 1.82) is 0 Å². The Hall–Kier alpha value is -3.39. The first-order valence-corrected chi connectivity index (χ1v) is 13.4. The molecular formula is C29H38N6O2. The molecule has 2 aliphatic heterocycles. The minimum absolute atomic E-state index is 0.404. The molecule has 1 fully saturated rings. The van der Waals surface area contributed by atoms with E-state index in [-0.39, 0.29) is 0 Å². The number of nitrogens with one attached hydrogen (secondary N) is 1. The number of likely N-dealkylation sites (N-methyl/N-ethyl adjacent to an activating group) is 1. The largest absolute Gasteiger partial charge is 0.496 e. The fraction of sp³-hybridized carbons (Fsp3) is 0.483. The second-order valence-electron chi connectivity index (χ2n) is 10.5. The summed E-state index contributed by atoms with van der Waals surface area (Å²) < 4.78 is 5.87. The molecule has 1 aromatic heterocycles. The lowest BCUT2D eigenvalue weighted by Crippen LogP contribution is -2.32. The highest BCUT2D eigenvalue weighted by molar-refractivity contribution is 6.13. The minimum Gasteiger partial charge on any atom is -0.496 e. The Kier molecular flexibility index (Phi) is 7.20. The number of H-pyrrole nitrogens is 1. The van der Waals surface area contributed by atoms with Crippen LogP contribution in [0.3, 0.4) is 0 Å². The predicted octanol–water partition coefficient (Wildman–Crippen LogP) is 4.79. The van der Waals surface area contributed by atoms with Crippen LogP contribution < -0.4 is 15.4 Å². The first-order chi connectivity index (χ1) is 17.9. The van der Waals surface area contributed by atoms with Gasteiger partial charge >= 0.3 is 0 Å². The van der Waals surface area contributed by atoms with Crippen molar-refractivity contribution in [1.82, 2.24) is 14.9 Å². The topological polar surface area (TPSA) is 99.8 Å². The van der Waals surface area contributed by atoms with Crippen molar-refractivity contribution in [2.75, 3.05) is 45.2 Å². The zero-order valence-corrected chi connectivity index (χ0v) is 22.4. The number of aromatic nitrogens is 2. The van der Waals surface area contributed by atoms with Gasteiger partial charge in [-0.05, 0) is 62.0 Å². The maximum Gasteiger partial charge on any atom is 0.253 e. The molecule has 0 aliphatic carbocycles. The summed E-state index contributed by atoms with van der Waals surface area (Å²) >= 11 is 0. The van der Waals surface area contributed by atoms with Crippen LogP contribution in [0.2, 0.25) is 0 Å². The van der Waals surface area contributed by atoms with Crippen LogP contribution in [-0.2, 0) is 6.42 Å². The van der Waals surface area contributed by atoms with Crippen molar-refractivity contribution in [3.63, 3.8) is 0 Å². The first kappa shape index (κ1) is 25.3. The maximum absolute atomic E-state index is 12.6. The fourth-order valence-electron chi connectivity index (χ4n) is 5.69. The monoisotopic (exact) mass is 502 g/mol. The third-order valence-corrected chi connectivity index (χ3v) is 8.23. The zero-order valence-electron chi connectivity index (χ0n) is 22.4. The predicted molar refractivity (Wildman–Crippen MR) is 150 cm³/mol. The van der Waals surface area contributed by atoms with Crippen molar-refractivity contribution in [3.8, 4) is 16.9 Å². The number of likely N-dealkylation sites (tertiary alicyclic amines) is 1. The number of nitrogens with zero attached hydrogens (tertiary/aromatic N) is 4. The van der Waals surface area contributed by atoms with E-state index < -0.39 is 5.91 Å². The molecular weight excluding hydrogens is 464 g/mol. The van der Waals surface area contributed by atoms with Crippen LogP contribution >= 0.6 is 0 Å². The van der Waals surface area contributed by atoms with E-state index in [1.807, 2.05) is 13.1 Å². The van der Waals surface area contributed by atoms with E-state index >= 15 is 0 Å². The highest BCUT2D eigenvalue weighted by Crippen LogP contribution is 2.43. The number of carbonyl (C=O) groups excluding carboxylic acids is 1. The van der Waals surface area contributed by atoms with E-state index in [2.05, 4.69) is 52.0 Å². The molecule has 8 heteroatoms. The zero-order chi connectivity index (χ0) is 26.1. The molecule has 2 aromatic carbocycles. The highest BCUT2D eigenvalue weighted by atomic mass is 16.5. The summed E-state index contributed by atoms with van der Waals surface area (Å²) in [4.78, 5) is 29.9. The van der Waals surface area contributed by atoms with E-state index in [4.69, 9.17) is 15.5 Å². The molecule has 3 heterocycles. The molecule has 0 bridgehead atoms. The van der Waals surface area contributed by atoms with Gasteiger partial charge in [0.15, 0.2) is 0 Å². The Morgan fingerprint density at radius 3 is 2.78 bits per heavy atom. The van der Waals surface area contributed by atoms with Crippen LogP contribution in [-0.4, -0.2) is 67.3 Å².